The number of amides is 2. The maximum Gasteiger partial charge on any atom is 0.255 e. The van der Waals surface area contributed by atoms with E-state index in [2.05, 4.69) is 21.2 Å². The molecule has 2 amide bonds. The summed E-state index contributed by atoms with van der Waals surface area (Å²) in [6.45, 7) is 0.682. The molecule has 1 aromatic rings. The highest BCUT2D eigenvalue weighted by Crippen LogP contribution is 2.26. The molecule has 1 aromatic carbocycles. The van der Waals surface area contributed by atoms with Crippen LogP contribution in [-0.2, 0) is 11.3 Å². The van der Waals surface area contributed by atoms with Crippen molar-refractivity contribution in [3.63, 3.8) is 0 Å². The molecule has 1 fully saturated rings. The molecule has 94 valence electrons. The van der Waals surface area contributed by atoms with Crippen molar-refractivity contribution in [2.24, 2.45) is 0 Å². The monoisotopic (exact) mass is 308 g/mol. The summed E-state index contributed by atoms with van der Waals surface area (Å²) < 4.78 is 0.888. The van der Waals surface area contributed by atoms with Gasteiger partial charge in [-0.1, -0.05) is 22.0 Å². The predicted molar refractivity (Wildman–Crippen MR) is 70.0 cm³/mol. The van der Waals surface area contributed by atoms with E-state index in [1.807, 2.05) is 18.2 Å². The van der Waals surface area contributed by atoms with Crippen molar-refractivity contribution in [3.05, 3.63) is 33.8 Å². The number of hydrogen-bond acceptors (Lipinski definition) is 2. The Morgan fingerprint density at radius 1 is 1.44 bits per heavy atom. The smallest absolute Gasteiger partial charge is 0.255 e. The zero-order chi connectivity index (χ0) is 12.7. The highest BCUT2D eigenvalue weighted by molar-refractivity contribution is 9.10. The van der Waals surface area contributed by atoms with Crippen molar-refractivity contribution in [1.29, 1.82) is 0 Å². The summed E-state index contributed by atoms with van der Waals surface area (Å²) in [6, 6.07) is 6.00. The first-order chi connectivity index (χ1) is 8.63. The molecule has 0 radical (unpaired) electrons. The minimum atomic E-state index is -0.0581. The van der Waals surface area contributed by atoms with E-state index in [0.29, 0.717) is 18.2 Å². The van der Waals surface area contributed by atoms with Crippen molar-refractivity contribution < 1.29 is 9.59 Å². The SMILES string of the molecule is O=C(CN1Cc2ccc(Br)cc2C1=O)NC1CC1. The van der Waals surface area contributed by atoms with E-state index in [1.165, 1.54) is 0 Å². The summed E-state index contributed by atoms with van der Waals surface area (Å²) in [5.41, 5.74) is 1.69. The number of carbonyl (C=O) groups excluding carboxylic acids is 2. The van der Waals surface area contributed by atoms with Gasteiger partial charge in [0.1, 0.15) is 6.54 Å². The first-order valence-corrected chi connectivity index (χ1v) is 6.80. The molecule has 1 aliphatic heterocycles. The number of halogens is 1. The molecule has 2 aliphatic rings. The molecule has 1 heterocycles. The molecule has 0 saturated heterocycles. The van der Waals surface area contributed by atoms with Crippen molar-refractivity contribution in [3.8, 4) is 0 Å². The third-order valence-electron chi connectivity index (χ3n) is 3.23. The molecule has 0 aromatic heterocycles. The summed E-state index contributed by atoms with van der Waals surface area (Å²) in [5.74, 6) is -0.116. The zero-order valence-corrected chi connectivity index (χ0v) is 11.4. The average molecular weight is 309 g/mol. The second-order valence-corrected chi connectivity index (χ2v) is 5.72. The largest absolute Gasteiger partial charge is 0.352 e. The molecule has 4 nitrogen and oxygen atoms in total. The fraction of sp³-hybridized carbons (Fsp3) is 0.385. The Morgan fingerprint density at radius 2 is 2.22 bits per heavy atom. The lowest BCUT2D eigenvalue weighted by Gasteiger charge is -2.14. The van der Waals surface area contributed by atoms with Gasteiger partial charge in [0.05, 0.1) is 0 Å². The van der Waals surface area contributed by atoms with Gasteiger partial charge in [0.25, 0.3) is 5.91 Å². The van der Waals surface area contributed by atoms with Gasteiger partial charge in [-0.05, 0) is 30.5 Å². The maximum absolute atomic E-state index is 12.1. The van der Waals surface area contributed by atoms with Crippen molar-refractivity contribution >= 4 is 27.7 Å². The Morgan fingerprint density at radius 3 is 2.94 bits per heavy atom. The normalized spacial score (nSPS) is 17.8. The number of nitrogens with one attached hydrogen (secondary N) is 1. The van der Waals surface area contributed by atoms with E-state index in [1.54, 1.807) is 4.90 Å². The Bertz CT molecular complexity index is 526. The third kappa shape index (κ3) is 2.27. The van der Waals surface area contributed by atoms with Gasteiger partial charge < -0.3 is 10.2 Å². The maximum atomic E-state index is 12.1. The van der Waals surface area contributed by atoms with Gasteiger partial charge in [-0.3, -0.25) is 9.59 Å². The molecule has 0 unspecified atom stereocenters. The molecule has 0 bridgehead atoms. The van der Waals surface area contributed by atoms with Gasteiger partial charge in [-0.2, -0.15) is 0 Å². The topological polar surface area (TPSA) is 49.4 Å². The van der Waals surface area contributed by atoms with Gasteiger partial charge in [0, 0.05) is 22.6 Å². The van der Waals surface area contributed by atoms with E-state index in [9.17, 15) is 9.59 Å². The molecular formula is C13H13BrN2O2. The first-order valence-electron chi connectivity index (χ1n) is 6.00. The number of benzene rings is 1. The molecule has 1 aliphatic carbocycles. The number of carbonyl (C=O) groups is 2. The van der Waals surface area contributed by atoms with Crippen LogP contribution in [-0.4, -0.2) is 29.3 Å². The van der Waals surface area contributed by atoms with Gasteiger partial charge in [0.15, 0.2) is 0 Å². The number of nitrogens with zero attached hydrogens (tertiary/aromatic N) is 1. The van der Waals surface area contributed by atoms with E-state index in [0.717, 1.165) is 22.9 Å². The highest BCUT2D eigenvalue weighted by atomic mass is 79.9. The Balaban J connectivity index is 1.69. The molecule has 1 N–H and O–H groups in total. The molecular weight excluding hydrogens is 296 g/mol. The summed E-state index contributed by atoms with van der Waals surface area (Å²) in [5, 5.41) is 2.90. The van der Waals surface area contributed by atoms with Crippen LogP contribution in [0, 0.1) is 0 Å². The first kappa shape index (κ1) is 11.7. The van der Waals surface area contributed by atoms with Crippen LogP contribution >= 0.6 is 15.9 Å². The molecule has 5 heteroatoms. The van der Waals surface area contributed by atoms with Crippen LogP contribution in [0.1, 0.15) is 28.8 Å². The van der Waals surface area contributed by atoms with Gasteiger partial charge in [0.2, 0.25) is 5.91 Å². The van der Waals surface area contributed by atoms with Crippen LogP contribution < -0.4 is 5.32 Å². The quantitative estimate of drug-likeness (QED) is 0.923. The van der Waals surface area contributed by atoms with Gasteiger partial charge in [-0.15, -0.1) is 0 Å². The Kier molecular flexibility index (Phi) is 2.86. The van der Waals surface area contributed by atoms with Crippen molar-refractivity contribution in [2.45, 2.75) is 25.4 Å². The minimum absolute atomic E-state index is 0.0577. The fourth-order valence-electron chi connectivity index (χ4n) is 2.14. The number of fused-ring (bicyclic) bond motifs is 1. The second-order valence-electron chi connectivity index (χ2n) is 4.80. The Labute approximate surface area is 113 Å². The average Bonchev–Trinajstić information content (AvgIpc) is 3.08. The van der Waals surface area contributed by atoms with Crippen LogP contribution in [0.3, 0.4) is 0 Å². The standard InChI is InChI=1S/C13H13BrN2O2/c14-9-2-1-8-6-16(13(18)11(8)5-9)7-12(17)15-10-3-4-10/h1-2,5,10H,3-4,6-7H2,(H,15,17). The zero-order valence-electron chi connectivity index (χ0n) is 9.78. The van der Waals surface area contributed by atoms with Crippen LogP contribution in [0.4, 0.5) is 0 Å². The number of hydrogen-bond donors (Lipinski definition) is 1. The molecule has 0 spiro atoms. The second kappa shape index (κ2) is 4.39. The van der Waals surface area contributed by atoms with Crippen molar-refractivity contribution in [2.75, 3.05) is 6.54 Å². The molecule has 18 heavy (non-hydrogen) atoms. The summed E-state index contributed by atoms with van der Waals surface area (Å²) in [6.07, 6.45) is 2.12. The van der Waals surface area contributed by atoms with Crippen LogP contribution in [0.5, 0.6) is 0 Å². The molecule has 1 saturated carbocycles. The molecule has 3 rings (SSSR count). The fourth-order valence-corrected chi connectivity index (χ4v) is 2.50. The summed E-state index contributed by atoms with van der Waals surface area (Å²) >= 11 is 3.35. The lowest BCUT2D eigenvalue weighted by molar-refractivity contribution is -0.121. The summed E-state index contributed by atoms with van der Waals surface area (Å²) in [4.78, 5) is 25.4. The number of rotatable bonds is 3. The van der Waals surface area contributed by atoms with Crippen LogP contribution in [0.15, 0.2) is 22.7 Å². The van der Waals surface area contributed by atoms with Crippen molar-refractivity contribution in [1.82, 2.24) is 10.2 Å². The minimum Gasteiger partial charge on any atom is -0.352 e. The predicted octanol–water partition coefficient (Wildman–Crippen LogP) is 1.68. The van der Waals surface area contributed by atoms with Crippen LogP contribution in [0.2, 0.25) is 0 Å². The van der Waals surface area contributed by atoms with E-state index < -0.39 is 0 Å². The molecule has 0 atom stereocenters. The van der Waals surface area contributed by atoms with E-state index in [-0.39, 0.29) is 18.4 Å². The highest BCUT2D eigenvalue weighted by Gasteiger charge is 2.30. The Hall–Kier alpha value is -1.36. The third-order valence-corrected chi connectivity index (χ3v) is 3.72. The van der Waals surface area contributed by atoms with Gasteiger partial charge >= 0.3 is 0 Å². The summed E-state index contributed by atoms with van der Waals surface area (Å²) in [7, 11) is 0. The lowest BCUT2D eigenvalue weighted by Crippen LogP contribution is -2.38. The van der Waals surface area contributed by atoms with E-state index in [4.69, 9.17) is 0 Å². The van der Waals surface area contributed by atoms with Crippen LogP contribution in [0.25, 0.3) is 0 Å². The van der Waals surface area contributed by atoms with E-state index >= 15 is 0 Å². The van der Waals surface area contributed by atoms with Gasteiger partial charge in [-0.25, -0.2) is 0 Å². The lowest BCUT2D eigenvalue weighted by atomic mass is 10.1.